The highest BCUT2D eigenvalue weighted by atomic mass is 79.9. The van der Waals surface area contributed by atoms with E-state index in [-0.39, 0.29) is 11.3 Å². The number of rotatable bonds is 5. The molecule has 24 heavy (non-hydrogen) atoms. The summed E-state index contributed by atoms with van der Waals surface area (Å²) in [5.41, 5.74) is 2.56. The third kappa shape index (κ3) is 3.53. The largest absolute Gasteiger partial charge is 0.488 e. The average molecular weight is 391 g/mol. The number of fused-ring (bicyclic) bond motifs is 1. The number of pyridine rings is 1. The molecule has 0 bridgehead atoms. The van der Waals surface area contributed by atoms with Crippen LogP contribution in [0.25, 0.3) is 0 Å². The number of carbonyl (C=O) groups excluding carboxylic acids is 1. The predicted octanol–water partition coefficient (Wildman–Crippen LogP) is 3.41. The van der Waals surface area contributed by atoms with Gasteiger partial charge in [-0.25, -0.2) is 0 Å². The predicted molar refractivity (Wildman–Crippen MR) is 96.5 cm³/mol. The van der Waals surface area contributed by atoms with E-state index in [0.717, 1.165) is 28.6 Å². The number of aryl methyl sites for hydroxylation is 1. The van der Waals surface area contributed by atoms with Crippen molar-refractivity contribution in [3.05, 3.63) is 56.4 Å². The second-order valence-corrected chi connectivity index (χ2v) is 6.70. The van der Waals surface area contributed by atoms with Crippen molar-refractivity contribution in [2.75, 3.05) is 11.5 Å². The Bertz CT molecular complexity index is 816. The molecule has 6 heteroatoms. The van der Waals surface area contributed by atoms with E-state index in [1.165, 1.54) is 6.07 Å². The number of hydrogen-bond donors (Lipinski definition) is 1. The van der Waals surface area contributed by atoms with Crippen molar-refractivity contribution in [1.82, 2.24) is 4.98 Å². The number of anilines is 1. The molecular weight excluding hydrogens is 372 g/mol. The number of nitrogens with one attached hydrogen (secondary N) is 1. The zero-order valence-corrected chi connectivity index (χ0v) is 15.1. The van der Waals surface area contributed by atoms with Gasteiger partial charge in [0.25, 0.3) is 0 Å². The number of aromatic nitrogens is 1. The number of nitrogens with zero attached hydrogens (tertiary/aromatic N) is 1. The van der Waals surface area contributed by atoms with E-state index >= 15 is 0 Å². The molecule has 0 fully saturated rings. The molecule has 1 aliphatic rings. The number of carbonyl (C=O) groups is 1. The van der Waals surface area contributed by atoms with Crippen molar-refractivity contribution >= 4 is 27.5 Å². The van der Waals surface area contributed by atoms with E-state index in [4.69, 9.17) is 4.74 Å². The van der Waals surface area contributed by atoms with Crippen LogP contribution in [0.4, 0.5) is 5.69 Å². The zero-order chi connectivity index (χ0) is 17.1. The van der Waals surface area contributed by atoms with Crippen molar-refractivity contribution < 1.29 is 9.53 Å². The summed E-state index contributed by atoms with van der Waals surface area (Å²) in [6.07, 6.45) is 3.63. The topological polar surface area (TPSA) is 62.4 Å². The molecule has 2 heterocycles. The maximum atomic E-state index is 12.3. The zero-order valence-electron chi connectivity index (χ0n) is 13.5. The molecule has 1 aliphatic heterocycles. The summed E-state index contributed by atoms with van der Waals surface area (Å²) in [5.74, 6) is 0.381. The first-order valence-electron chi connectivity index (χ1n) is 8.01. The Hall–Kier alpha value is -2.08. The van der Waals surface area contributed by atoms with E-state index in [0.29, 0.717) is 31.0 Å². The first-order chi connectivity index (χ1) is 11.6. The summed E-state index contributed by atoms with van der Waals surface area (Å²) < 4.78 is 6.39. The number of ether oxygens (including phenoxy) is 1. The van der Waals surface area contributed by atoms with Gasteiger partial charge in [0.15, 0.2) is 5.75 Å². The first kappa shape index (κ1) is 16.8. The fourth-order valence-electron chi connectivity index (χ4n) is 2.79. The Morgan fingerprint density at radius 3 is 2.83 bits per heavy atom. The highest BCUT2D eigenvalue weighted by Crippen LogP contribution is 2.31. The molecular formula is C18H19BrN2O3. The summed E-state index contributed by atoms with van der Waals surface area (Å²) in [7, 11) is 0. The Morgan fingerprint density at radius 2 is 2.08 bits per heavy atom. The minimum absolute atomic E-state index is 0.0666. The van der Waals surface area contributed by atoms with Gasteiger partial charge in [-0.1, -0.05) is 22.9 Å². The molecule has 1 aromatic heterocycles. The lowest BCUT2D eigenvalue weighted by atomic mass is 10.0. The number of aromatic amines is 1. The van der Waals surface area contributed by atoms with Crippen molar-refractivity contribution in [1.29, 1.82) is 0 Å². The normalized spacial score (nSPS) is 13.8. The van der Waals surface area contributed by atoms with Gasteiger partial charge in [-0.05, 0) is 36.6 Å². The van der Waals surface area contributed by atoms with Crippen molar-refractivity contribution in [2.45, 2.75) is 32.7 Å². The minimum Gasteiger partial charge on any atom is -0.488 e. The molecule has 0 spiro atoms. The average Bonchev–Trinajstić information content (AvgIpc) is 2.57. The number of halogens is 1. The van der Waals surface area contributed by atoms with Gasteiger partial charge in [-0.15, -0.1) is 0 Å². The van der Waals surface area contributed by atoms with Crippen LogP contribution in [-0.4, -0.2) is 17.5 Å². The SMILES string of the molecule is CCCOc1c[nH]c(CN2C(=O)CCc3cc(Br)ccc32)cc1=O. The minimum atomic E-state index is -0.169. The molecule has 0 atom stereocenters. The molecule has 0 saturated carbocycles. The molecule has 1 amide bonds. The fraction of sp³-hybridized carbons (Fsp3) is 0.333. The van der Waals surface area contributed by atoms with Crippen LogP contribution in [0, 0.1) is 0 Å². The molecule has 0 radical (unpaired) electrons. The van der Waals surface area contributed by atoms with Crippen LogP contribution in [0.1, 0.15) is 31.0 Å². The highest BCUT2D eigenvalue weighted by molar-refractivity contribution is 9.10. The third-order valence-electron chi connectivity index (χ3n) is 3.97. The van der Waals surface area contributed by atoms with Crippen molar-refractivity contribution in [3.8, 4) is 5.75 Å². The molecule has 2 aromatic rings. The molecule has 0 aliphatic carbocycles. The Kier molecular flexibility index (Phi) is 5.04. The monoisotopic (exact) mass is 390 g/mol. The second-order valence-electron chi connectivity index (χ2n) is 5.79. The van der Waals surface area contributed by atoms with Gasteiger partial charge in [0.2, 0.25) is 11.3 Å². The van der Waals surface area contributed by atoms with Crippen LogP contribution in [-0.2, 0) is 17.8 Å². The summed E-state index contributed by atoms with van der Waals surface area (Å²) in [6.45, 7) is 2.84. The van der Waals surface area contributed by atoms with Gasteiger partial charge in [-0.2, -0.15) is 0 Å². The van der Waals surface area contributed by atoms with Crippen molar-refractivity contribution in [3.63, 3.8) is 0 Å². The summed E-state index contributed by atoms with van der Waals surface area (Å²) in [5, 5.41) is 0. The van der Waals surface area contributed by atoms with Crippen LogP contribution in [0.2, 0.25) is 0 Å². The lowest BCUT2D eigenvalue weighted by Gasteiger charge is -2.29. The van der Waals surface area contributed by atoms with E-state index in [2.05, 4.69) is 20.9 Å². The van der Waals surface area contributed by atoms with Crippen molar-refractivity contribution in [2.24, 2.45) is 0 Å². The number of benzene rings is 1. The van der Waals surface area contributed by atoms with Gasteiger partial charge in [0.05, 0.1) is 13.2 Å². The van der Waals surface area contributed by atoms with Gasteiger partial charge < -0.3 is 14.6 Å². The summed E-state index contributed by atoms with van der Waals surface area (Å²) in [4.78, 5) is 29.2. The van der Waals surface area contributed by atoms with Crippen LogP contribution in [0.3, 0.4) is 0 Å². The van der Waals surface area contributed by atoms with E-state index in [9.17, 15) is 9.59 Å². The maximum absolute atomic E-state index is 12.3. The number of amides is 1. The van der Waals surface area contributed by atoms with Crippen LogP contribution < -0.4 is 15.1 Å². The van der Waals surface area contributed by atoms with Crippen LogP contribution in [0.5, 0.6) is 5.75 Å². The molecule has 3 rings (SSSR count). The third-order valence-corrected chi connectivity index (χ3v) is 4.46. The quantitative estimate of drug-likeness (QED) is 0.850. The fourth-order valence-corrected chi connectivity index (χ4v) is 3.20. The second kappa shape index (κ2) is 7.21. The van der Waals surface area contributed by atoms with Gasteiger partial charge in [0, 0.05) is 34.5 Å². The van der Waals surface area contributed by atoms with E-state index in [1.54, 1.807) is 11.1 Å². The maximum Gasteiger partial charge on any atom is 0.227 e. The Labute approximate surface area is 148 Å². The summed E-state index contributed by atoms with van der Waals surface area (Å²) in [6, 6.07) is 7.41. The van der Waals surface area contributed by atoms with Gasteiger partial charge in [0.1, 0.15) is 0 Å². The van der Waals surface area contributed by atoms with Crippen LogP contribution >= 0.6 is 15.9 Å². The lowest BCUT2D eigenvalue weighted by molar-refractivity contribution is -0.119. The highest BCUT2D eigenvalue weighted by Gasteiger charge is 2.24. The van der Waals surface area contributed by atoms with E-state index < -0.39 is 0 Å². The first-order valence-corrected chi connectivity index (χ1v) is 8.81. The molecule has 0 saturated heterocycles. The Balaban J connectivity index is 1.85. The molecule has 0 unspecified atom stereocenters. The smallest absolute Gasteiger partial charge is 0.227 e. The standard InChI is InChI=1S/C18H19BrN2O3/c1-2-7-24-17-10-20-14(9-16(17)22)11-21-15-5-4-13(19)8-12(15)3-6-18(21)23/h4-5,8-10H,2-3,6-7,11H2,1H3,(H,20,22). The van der Waals surface area contributed by atoms with Crippen LogP contribution in [0.15, 0.2) is 39.7 Å². The molecule has 5 nitrogen and oxygen atoms in total. The Morgan fingerprint density at radius 1 is 1.25 bits per heavy atom. The number of hydrogen-bond acceptors (Lipinski definition) is 3. The van der Waals surface area contributed by atoms with Gasteiger partial charge in [-0.3, -0.25) is 9.59 Å². The summed E-state index contributed by atoms with van der Waals surface area (Å²) >= 11 is 3.47. The van der Waals surface area contributed by atoms with E-state index in [1.807, 2.05) is 25.1 Å². The molecule has 126 valence electrons. The molecule has 1 aromatic carbocycles. The number of H-pyrrole nitrogens is 1. The lowest BCUT2D eigenvalue weighted by Crippen LogP contribution is -2.35. The molecule has 1 N–H and O–H groups in total. The van der Waals surface area contributed by atoms with Gasteiger partial charge >= 0.3 is 0 Å².